The van der Waals surface area contributed by atoms with Crippen molar-refractivity contribution in [3.8, 4) is 5.75 Å². The minimum absolute atomic E-state index is 0.0335. The number of para-hydroxylation sites is 1. The molecular formula is C16H22N4O4. The van der Waals surface area contributed by atoms with Crippen molar-refractivity contribution >= 4 is 17.7 Å². The topological polar surface area (TPSA) is 114 Å². The highest BCUT2D eigenvalue weighted by atomic mass is 16.5. The third-order valence-corrected chi connectivity index (χ3v) is 3.85. The van der Waals surface area contributed by atoms with E-state index >= 15 is 0 Å². The largest absolute Gasteiger partial charge is 0.496 e. The number of benzene rings is 1. The van der Waals surface area contributed by atoms with Gasteiger partial charge in [-0.05, 0) is 6.07 Å². The number of carbonyl (C=O) groups excluding carboxylic acids is 3. The molecule has 1 aliphatic heterocycles. The molecule has 2 rings (SSSR count). The molecule has 0 aliphatic carbocycles. The first-order valence-electron chi connectivity index (χ1n) is 7.70. The molecule has 1 unspecified atom stereocenters. The molecule has 0 bridgehead atoms. The van der Waals surface area contributed by atoms with Crippen LogP contribution < -0.4 is 21.1 Å². The molecule has 4 N–H and O–H groups in total. The van der Waals surface area contributed by atoms with Gasteiger partial charge >= 0.3 is 0 Å². The van der Waals surface area contributed by atoms with Crippen LogP contribution in [0.15, 0.2) is 24.3 Å². The molecule has 1 fully saturated rings. The van der Waals surface area contributed by atoms with Crippen molar-refractivity contribution in [3.63, 3.8) is 0 Å². The van der Waals surface area contributed by atoms with Crippen LogP contribution in [0.1, 0.15) is 12.0 Å². The molecule has 0 aromatic heterocycles. The Morgan fingerprint density at radius 1 is 1.42 bits per heavy atom. The van der Waals surface area contributed by atoms with Gasteiger partial charge in [0.05, 0.1) is 26.1 Å². The molecule has 1 atom stereocenters. The Kier molecular flexibility index (Phi) is 6.14. The summed E-state index contributed by atoms with van der Waals surface area (Å²) >= 11 is 0. The summed E-state index contributed by atoms with van der Waals surface area (Å²) in [5, 5.41) is 5.18. The second-order valence-electron chi connectivity index (χ2n) is 5.54. The number of rotatable bonds is 7. The van der Waals surface area contributed by atoms with Gasteiger partial charge in [0.2, 0.25) is 17.7 Å². The van der Waals surface area contributed by atoms with E-state index < -0.39 is 11.9 Å². The number of amides is 3. The molecule has 0 radical (unpaired) electrons. The summed E-state index contributed by atoms with van der Waals surface area (Å²) < 4.78 is 5.34. The molecule has 1 aliphatic rings. The Labute approximate surface area is 140 Å². The van der Waals surface area contributed by atoms with Gasteiger partial charge in [0, 0.05) is 25.2 Å². The van der Waals surface area contributed by atoms with Gasteiger partial charge in [-0.1, -0.05) is 18.2 Å². The molecule has 0 saturated carbocycles. The zero-order chi connectivity index (χ0) is 17.5. The van der Waals surface area contributed by atoms with Gasteiger partial charge in [-0.2, -0.15) is 0 Å². The normalized spacial score (nSPS) is 17.9. The van der Waals surface area contributed by atoms with E-state index in [-0.39, 0.29) is 24.8 Å². The number of carbonyl (C=O) groups is 3. The zero-order valence-corrected chi connectivity index (χ0v) is 13.6. The highest BCUT2D eigenvalue weighted by Crippen LogP contribution is 2.21. The molecule has 130 valence electrons. The number of hydrogen-bond donors (Lipinski definition) is 3. The van der Waals surface area contributed by atoms with Crippen LogP contribution in [0.5, 0.6) is 5.75 Å². The maximum absolute atomic E-state index is 12.2. The highest BCUT2D eigenvalue weighted by molar-refractivity contribution is 5.90. The van der Waals surface area contributed by atoms with Crippen molar-refractivity contribution in [2.75, 3.05) is 26.7 Å². The fourth-order valence-corrected chi connectivity index (χ4v) is 2.66. The summed E-state index contributed by atoms with van der Waals surface area (Å²) in [7, 11) is 1.59. The fourth-order valence-electron chi connectivity index (χ4n) is 2.66. The lowest BCUT2D eigenvalue weighted by molar-refractivity contribution is -0.134. The number of methoxy groups -OCH3 is 1. The van der Waals surface area contributed by atoms with E-state index in [4.69, 9.17) is 10.5 Å². The van der Waals surface area contributed by atoms with Gasteiger partial charge in [0.25, 0.3) is 0 Å². The summed E-state index contributed by atoms with van der Waals surface area (Å²) in [6.07, 6.45) is -0.0335. The van der Waals surface area contributed by atoms with Crippen molar-refractivity contribution in [1.29, 1.82) is 0 Å². The lowest BCUT2D eigenvalue weighted by Crippen LogP contribution is -2.56. The number of hydrogen-bond acceptors (Lipinski definition) is 5. The SMILES string of the molecule is COc1ccccc1CN1CCNC(=O)C1CC(=O)NCC(N)=O. The molecule has 24 heavy (non-hydrogen) atoms. The number of piperazine rings is 1. The van der Waals surface area contributed by atoms with Crippen LogP contribution in [-0.2, 0) is 20.9 Å². The van der Waals surface area contributed by atoms with Crippen molar-refractivity contribution in [1.82, 2.24) is 15.5 Å². The Balaban J connectivity index is 2.06. The van der Waals surface area contributed by atoms with E-state index in [0.717, 1.165) is 11.3 Å². The van der Waals surface area contributed by atoms with E-state index in [2.05, 4.69) is 10.6 Å². The minimum Gasteiger partial charge on any atom is -0.496 e. The number of ether oxygens (including phenoxy) is 1. The lowest BCUT2D eigenvalue weighted by Gasteiger charge is -2.34. The van der Waals surface area contributed by atoms with Crippen LogP contribution in [0.25, 0.3) is 0 Å². The second kappa shape index (κ2) is 8.30. The van der Waals surface area contributed by atoms with Crippen LogP contribution >= 0.6 is 0 Å². The Bertz CT molecular complexity index is 620. The molecule has 3 amide bonds. The molecule has 1 aromatic carbocycles. The minimum atomic E-state index is -0.623. The summed E-state index contributed by atoms with van der Waals surface area (Å²) in [5.74, 6) is -0.478. The molecule has 8 nitrogen and oxygen atoms in total. The van der Waals surface area contributed by atoms with Crippen molar-refractivity contribution < 1.29 is 19.1 Å². The van der Waals surface area contributed by atoms with E-state index in [1.165, 1.54) is 0 Å². The van der Waals surface area contributed by atoms with Gasteiger partial charge in [0.1, 0.15) is 5.75 Å². The summed E-state index contributed by atoms with van der Waals surface area (Å²) in [6, 6.07) is 6.96. The summed E-state index contributed by atoms with van der Waals surface area (Å²) in [6.45, 7) is 1.40. The van der Waals surface area contributed by atoms with Crippen molar-refractivity contribution in [3.05, 3.63) is 29.8 Å². The first-order chi connectivity index (χ1) is 11.5. The van der Waals surface area contributed by atoms with Crippen LogP contribution in [0.4, 0.5) is 0 Å². The predicted molar refractivity (Wildman–Crippen MR) is 87.0 cm³/mol. The summed E-state index contributed by atoms with van der Waals surface area (Å²) in [5.41, 5.74) is 5.95. The number of nitrogens with two attached hydrogens (primary N) is 1. The number of nitrogens with zero attached hydrogens (tertiary/aromatic N) is 1. The van der Waals surface area contributed by atoms with E-state index in [0.29, 0.717) is 19.6 Å². The van der Waals surface area contributed by atoms with E-state index in [9.17, 15) is 14.4 Å². The monoisotopic (exact) mass is 334 g/mol. The molecule has 1 saturated heterocycles. The van der Waals surface area contributed by atoms with Crippen LogP contribution in [0.3, 0.4) is 0 Å². The Morgan fingerprint density at radius 2 is 2.17 bits per heavy atom. The van der Waals surface area contributed by atoms with E-state index in [1.54, 1.807) is 7.11 Å². The van der Waals surface area contributed by atoms with Gasteiger partial charge in [-0.15, -0.1) is 0 Å². The van der Waals surface area contributed by atoms with Crippen LogP contribution in [0.2, 0.25) is 0 Å². The average Bonchev–Trinajstić information content (AvgIpc) is 2.56. The highest BCUT2D eigenvalue weighted by Gasteiger charge is 2.32. The van der Waals surface area contributed by atoms with Crippen LogP contribution in [-0.4, -0.2) is 55.4 Å². The first-order valence-corrected chi connectivity index (χ1v) is 7.70. The predicted octanol–water partition coefficient (Wildman–Crippen LogP) is -1.01. The molecule has 1 heterocycles. The zero-order valence-electron chi connectivity index (χ0n) is 13.6. The Morgan fingerprint density at radius 3 is 2.88 bits per heavy atom. The fraction of sp³-hybridized carbons (Fsp3) is 0.438. The van der Waals surface area contributed by atoms with E-state index in [1.807, 2.05) is 29.2 Å². The average molecular weight is 334 g/mol. The maximum Gasteiger partial charge on any atom is 0.237 e. The van der Waals surface area contributed by atoms with Gasteiger partial charge in [-0.3, -0.25) is 19.3 Å². The lowest BCUT2D eigenvalue weighted by atomic mass is 10.1. The molecule has 1 aromatic rings. The van der Waals surface area contributed by atoms with Crippen molar-refractivity contribution in [2.24, 2.45) is 5.73 Å². The van der Waals surface area contributed by atoms with Crippen molar-refractivity contribution in [2.45, 2.75) is 19.0 Å². The smallest absolute Gasteiger partial charge is 0.237 e. The quantitative estimate of drug-likeness (QED) is 0.591. The standard InChI is InChI=1S/C16H22N4O4/c1-24-13-5-3-2-4-11(13)10-20-7-6-18-16(23)12(20)8-15(22)19-9-14(17)21/h2-5,12H,6-10H2,1H3,(H2,17,21)(H,18,23)(H,19,22). The number of primary amides is 1. The van der Waals surface area contributed by atoms with Crippen LogP contribution in [0, 0.1) is 0 Å². The van der Waals surface area contributed by atoms with Gasteiger partial charge in [-0.25, -0.2) is 0 Å². The first kappa shape index (κ1) is 17.7. The molecule has 8 heteroatoms. The third kappa shape index (κ3) is 4.69. The Hall–Kier alpha value is -2.61. The number of nitrogens with one attached hydrogen (secondary N) is 2. The third-order valence-electron chi connectivity index (χ3n) is 3.85. The summed E-state index contributed by atoms with van der Waals surface area (Å²) in [4.78, 5) is 36.8. The maximum atomic E-state index is 12.2. The van der Waals surface area contributed by atoms with Gasteiger partial charge in [0.15, 0.2) is 0 Å². The second-order valence-corrected chi connectivity index (χ2v) is 5.54. The molecule has 0 spiro atoms. The molecular weight excluding hydrogens is 312 g/mol. The van der Waals surface area contributed by atoms with Gasteiger partial charge < -0.3 is 21.1 Å².